The molecule has 0 bridgehead atoms. The molecule has 0 aliphatic rings. The van der Waals surface area contributed by atoms with E-state index in [-0.39, 0.29) is 5.56 Å². The van der Waals surface area contributed by atoms with Crippen LogP contribution in [0.1, 0.15) is 15.9 Å². The highest BCUT2D eigenvalue weighted by atomic mass is 16.5. The fraction of sp³-hybridized carbons (Fsp3) is 0.267. The van der Waals surface area contributed by atoms with Crippen LogP contribution in [-0.4, -0.2) is 41.3 Å². The maximum atomic E-state index is 11.3. The van der Waals surface area contributed by atoms with Crippen LogP contribution in [0.2, 0.25) is 0 Å². The van der Waals surface area contributed by atoms with Gasteiger partial charge in [-0.05, 0) is 13.0 Å². The number of nitrogens with one attached hydrogen (secondary N) is 1. The second kappa shape index (κ2) is 6.81. The van der Waals surface area contributed by atoms with Crippen molar-refractivity contribution in [2.24, 2.45) is 0 Å². The van der Waals surface area contributed by atoms with Gasteiger partial charge in [0.2, 0.25) is 5.95 Å². The van der Waals surface area contributed by atoms with Crippen molar-refractivity contribution in [1.82, 2.24) is 9.97 Å². The monoisotopic (exact) mass is 287 g/mol. The zero-order chi connectivity index (χ0) is 15.2. The van der Waals surface area contributed by atoms with Crippen LogP contribution in [0.15, 0.2) is 30.5 Å². The van der Waals surface area contributed by atoms with Gasteiger partial charge in [-0.3, -0.25) is 0 Å². The quantitative estimate of drug-likeness (QED) is 0.792. The molecule has 1 aromatic heterocycles. The van der Waals surface area contributed by atoms with Crippen LogP contribution in [0.3, 0.4) is 0 Å². The number of aromatic nitrogens is 2. The molecule has 0 fully saturated rings. The van der Waals surface area contributed by atoms with Crippen molar-refractivity contribution in [1.29, 1.82) is 0 Å². The first-order valence-corrected chi connectivity index (χ1v) is 6.52. The smallest absolute Gasteiger partial charge is 0.339 e. The zero-order valence-electron chi connectivity index (χ0n) is 12.0. The van der Waals surface area contributed by atoms with Gasteiger partial charge in [-0.1, -0.05) is 23.8 Å². The van der Waals surface area contributed by atoms with Crippen LogP contribution in [-0.2, 0) is 4.74 Å². The second-order valence-electron chi connectivity index (χ2n) is 4.55. The van der Waals surface area contributed by atoms with Crippen molar-refractivity contribution in [3.63, 3.8) is 0 Å². The van der Waals surface area contributed by atoms with Crippen molar-refractivity contribution in [2.75, 3.05) is 25.6 Å². The molecule has 6 heteroatoms. The Morgan fingerprint density at radius 2 is 2.24 bits per heavy atom. The topological polar surface area (TPSA) is 84.3 Å². The van der Waals surface area contributed by atoms with Gasteiger partial charge in [0.1, 0.15) is 5.56 Å². The fourth-order valence-electron chi connectivity index (χ4n) is 1.90. The molecule has 2 N–H and O–H groups in total. The number of carboxylic acids is 1. The number of anilines is 1. The Morgan fingerprint density at radius 3 is 2.90 bits per heavy atom. The van der Waals surface area contributed by atoms with E-state index in [9.17, 15) is 9.90 Å². The number of methoxy groups -OCH3 is 1. The van der Waals surface area contributed by atoms with Gasteiger partial charge in [0.25, 0.3) is 0 Å². The molecule has 0 atom stereocenters. The van der Waals surface area contributed by atoms with Crippen LogP contribution < -0.4 is 5.32 Å². The summed E-state index contributed by atoms with van der Waals surface area (Å²) in [5, 5.41) is 12.3. The van der Waals surface area contributed by atoms with Crippen molar-refractivity contribution in [2.45, 2.75) is 6.92 Å². The molecule has 110 valence electrons. The summed E-state index contributed by atoms with van der Waals surface area (Å²) in [6.07, 6.45) is 1.32. The van der Waals surface area contributed by atoms with E-state index in [0.29, 0.717) is 24.8 Å². The summed E-state index contributed by atoms with van der Waals surface area (Å²) in [6, 6.07) is 7.55. The van der Waals surface area contributed by atoms with Gasteiger partial charge in [0, 0.05) is 25.4 Å². The third-order valence-electron chi connectivity index (χ3n) is 2.90. The van der Waals surface area contributed by atoms with Crippen LogP contribution in [0.5, 0.6) is 0 Å². The lowest BCUT2D eigenvalue weighted by Crippen LogP contribution is -2.12. The van der Waals surface area contributed by atoms with Gasteiger partial charge < -0.3 is 15.2 Å². The number of hydrogen-bond acceptors (Lipinski definition) is 5. The Bertz CT molecular complexity index is 644. The largest absolute Gasteiger partial charge is 0.478 e. The van der Waals surface area contributed by atoms with Crippen LogP contribution in [0.25, 0.3) is 11.3 Å². The van der Waals surface area contributed by atoms with Gasteiger partial charge in [0.15, 0.2) is 0 Å². The number of aromatic carboxylic acids is 1. The first-order chi connectivity index (χ1) is 10.1. The average Bonchev–Trinajstić information content (AvgIpc) is 2.47. The lowest BCUT2D eigenvalue weighted by atomic mass is 10.1. The Kier molecular flexibility index (Phi) is 4.84. The highest BCUT2D eigenvalue weighted by Crippen LogP contribution is 2.23. The predicted molar refractivity (Wildman–Crippen MR) is 79.5 cm³/mol. The molecule has 6 nitrogen and oxygen atoms in total. The minimum atomic E-state index is -1.05. The Morgan fingerprint density at radius 1 is 1.43 bits per heavy atom. The maximum Gasteiger partial charge on any atom is 0.339 e. The molecule has 2 rings (SSSR count). The molecule has 0 aliphatic carbocycles. The van der Waals surface area contributed by atoms with Gasteiger partial charge in [0.05, 0.1) is 12.3 Å². The number of ether oxygens (including phenoxy) is 1. The van der Waals surface area contributed by atoms with E-state index in [4.69, 9.17) is 4.74 Å². The van der Waals surface area contributed by atoms with Gasteiger partial charge in [-0.15, -0.1) is 0 Å². The second-order valence-corrected chi connectivity index (χ2v) is 4.55. The molecule has 0 radical (unpaired) electrons. The molecule has 21 heavy (non-hydrogen) atoms. The number of carboxylic acid groups (broad SMARTS) is 1. The summed E-state index contributed by atoms with van der Waals surface area (Å²) in [5.74, 6) is -0.663. The first kappa shape index (κ1) is 14.9. The fourth-order valence-corrected chi connectivity index (χ4v) is 1.90. The van der Waals surface area contributed by atoms with Crippen molar-refractivity contribution < 1.29 is 14.6 Å². The summed E-state index contributed by atoms with van der Waals surface area (Å²) in [4.78, 5) is 19.7. The lowest BCUT2D eigenvalue weighted by molar-refractivity contribution is 0.0697. The minimum absolute atomic E-state index is 0.0814. The van der Waals surface area contributed by atoms with E-state index >= 15 is 0 Å². The summed E-state index contributed by atoms with van der Waals surface area (Å²) in [6.45, 7) is 3.02. The SMILES string of the molecule is COCCNc1ncc(C(=O)O)c(-c2cccc(C)c2)n1. The Labute approximate surface area is 122 Å². The summed E-state index contributed by atoms with van der Waals surface area (Å²) >= 11 is 0. The van der Waals surface area contributed by atoms with Crippen LogP contribution >= 0.6 is 0 Å². The highest BCUT2D eigenvalue weighted by Gasteiger charge is 2.15. The van der Waals surface area contributed by atoms with Crippen LogP contribution in [0, 0.1) is 6.92 Å². The molecule has 0 saturated carbocycles. The lowest BCUT2D eigenvalue weighted by Gasteiger charge is -2.09. The molecular formula is C15H17N3O3. The van der Waals surface area contributed by atoms with Crippen molar-refractivity contribution in [3.8, 4) is 11.3 Å². The minimum Gasteiger partial charge on any atom is -0.478 e. The molecule has 0 saturated heterocycles. The van der Waals surface area contributed by atoms with Crippen LogP contribution in [0.4, 0.5) is 5.95 Å². The third kappa shape index (κ3) is 3.76. The number of benzene rings is 1. The predicted octanol–water partition coefficient (Wildman–Crippen LogP) is 2.21. The van der Waals surface area contributed by atoms with Crippen molar-refractivity contribution in [3.05, 3.63) is 41.6 Å². The molecule has 0 unspecified atom stereocenters. The first-order valence-electron chi connectivity index (χ1n) is 6.52. The maximum absolute atomic E-state index is 11.3. The van der Waals surface area contributed by atoms with Gasteiger partial charge in [-0.2, -0.15) is 0 Å². The van der Waals surface area contributed by atoms with E-state index in [1.807, 2.05) is 31.2 Å². The van der Waals surface area contributed by atoms with E-state index in [0.717, 1.165) is 11.1 Å². The Hall–Kier alpha value is -2.47. The summed E-state index contributed by atoms with van der Waals surface area (Å²) < 4.78 is 4.94. The number of nitrogens with zero attached hydrogens (tertiary/aromatic N) is 2. The molecule has 1 heterocycles. The standard InChI is InChI=1S/C15H17N3O3/c1-10-4-3-5-11(8-10)13-12(14(19)20)9-17-15(18-13)16-6-7-21-2/h3-5,8-9H,6-7H2,1-2H3,(H,19,20)(H,16,17,18). The third-order valence-corrected chi connectivity index (χ3v) is 2.90. The number of rotatable bonds is 6. The molecular weight excluding hydrogens is 270 g/mol. The van der Waals surface area contributed by atoms with E-state index < -0.39 is 5.97 Å². The zero-order valence-corrected chi connectivity index (χ0v) is 12.0. The highest BCUT2D eigenvalue weighted by molar-refractivity contribution is 5.94. The molecule has 0 spiro atoms. The van der Waals surface area contributed by atoms with Gasteiger partial charge in [-0.25, -0.2) is 14.8 Å². The summed E-state index contributed by atoms with van der Waals surface area (Å²) in [7, 11) is 1.61. The van der Waals surface area contributed by atoms with E-state index in [1.165, 1.54) is 6.20 Å². The van der Waals surface area contributed by atoms with E-state index in [2.05, 4.69) is 15.3 Å². The van der Waals surface area contributed by atoms with Crippen molar-refractivity contribution >= 4 is 11.9 Å². The molecule has 0 aliphatic heterocycles. The number of aryl methyl sites for hydroxylation is 1. The average molecular weight is 287 g/mol. The number of hydrogen-bond donors (Lipinski definition) is 2. The molecule has 1 aromatic carbocycles. The van der Waals surface area contributed by atoms with Gasteiger partial charge >= 0.3 is 5.97 Å². The normalized spacial score (nSPS) is 10.4. The molecule has 2 aromatic rings. The van der Waals surface area contributed by atoms with E-state index in [1.54, 1.807) is 7.11 Å². The number of carbonyl (C=O) groups is 1. The molecule has 0 amide bonds. The Balaban J connectivity index is 2.40. The summed E-state index contributed by atoms with van der Waals surface area (Å²) in [5.41, 5.74) is 2.28.